The highest BCUT2D eigenvalue weighted by Crippen LogP contribution is 2.37. The molecule has 8 heteroatoms. The molecule has 0 unspecified atom stereocenters. The van der Waals surface area contributed by atoms with Crippen LogP contribution in [0.15, 0.2) is 58.3 Å². The van der Waals surface area contributed by atoms with Crippen LogP contribution in [-0.4, -0.2) is 27.9 Å². The molecule has 0 bridgehead atoms. The number of nitrogen functional groups attached to an aromatic ring is 1. The van der Waals surface area contributed by atoms with Gasteiger partial charge in [0.1, 0.15) is 0 Å². The average Bonchev–Trinajstić information content (AvgIpc) is 3.16. The number of hydrogen-bond acceptors (Lipinski definition) is 5. The fourth-order valence-electron chi connectivity index (χ4n) is 3.70. The van der Waals surface area contributed by atoms with Crippen LogP contribution in [0.5, 0.6) is 11.5 Å². The number of rotatable bonds is 4. The highest BCUT2D eigenvalue weighted by molar-refractivity contribution is 5.95. The summed E-state index contributed by atoms with van der Waals surface area (Å²) in [6, 6.07) is 12.8. The fourth-order valence-corrected chi connectivity index (χ4v) is 3.70. The third-order valence-electron chi connectivity index (χ3n) is 5.29. The lowest BCUT2D eigenvalue weighted by molar-refractivity contribution is 0.355. The zero-order valence-electron chi connectivity index (χ0n) is 17.2. The molecule has 0 radical (unpaired) electrons. The van der Waals surface area contributed by atoms with Crippen LogP contribution < -0.4 is 26.5 Å². The summed E-state index contributed by atoms with van der Waals surface area (Å²) in [5, 5.41) is 0.412. The first kappa shape index (κ1) is 19.4. The van der Waals surface area contributed by atoms with E-state index in [1.807, 2.05) is 28.8 Å². The molecule has 2 N–H and O–H groups in total. The summed E-state index contributed by atoms with van der Waals surface area (Å²) in [5.41, 5.74) is 8.55. The average molecular weight is 406 g/mol. The van der Waals surface area contributed by atoms with Crippen molar-refractivity contribution in [1.82, 2.24) is 13.7 Å². The number of nitrogens with two attached hydrogens (primary N) is 1. The predicted molar refractivity (Wildman–Crippen MR) is 117 cm³/mol. The van der Waals surface area contributed by atoms with Crippen molar-refractivity contribution in [2.75, 3.05) is 20.0 Å². The minimum Gasteiger partial charge on any atom is -0.493 e. The quantitative estimate of drug-likeness (QED) is 0.525. The zero-order valence-corrected chi connectivity index (χ0v) is 17.2. The van der Waals surface area contributed by atoms with Gasteiger partial charge in [-0.05, 0) is 30.3 Å². The van der Waals surface area contributed by atoms with Crippen LogP contribution in [0.25, 0.3) is 27.8 Å². The second-order valence-electron chi connectivity index (χ2n) is 6.94. The molecule has 2 heterocycles. The van der Waals surface area contributed by atoms with E-state index in [0.29, 0.717) is 39.5 Å². The number of nitrogens with zero attached hydrogens (tertiary/aromatic N) is 3. The Labute approximate surface area is 172 Å². The lowest BCUT2D eigenvalue weighted by Gasteiger charge is -2.14. The van der Waals surface area contributed by atoms with Gasteiger partial charge in [-0.1, -0.05) is 12.1 Å². The van der Waals surface area contributed by atoms with E-state index in [1.165, 1.54) is 11.6 Å². The number of anilines is 1. The molecule has 0 atom stereocenters. The van der Waals surface area contributed by atoms with E-state index in [9.17, 15) is 9.59 Å². The number of ether oxygens (including phenoxy) is 2. The molecule has 0 saturated carbocycles. The number of fused-ring (bicyclic) bond motifs is 1. The minimum absolute atomic E-state index is 0.383. The summed E-state index contributed by atoms with van der Waals surface area (Å²) in [4.78, 5) is 25.7. The molecule has 8 nitrogen and oxygen atoms in total. The Morgan fingerprint density at radius 3 is 2.27 bits per heavy atom. The third-order valence-corrected chi connectivity index (χ3v) is 5.29. The number of aromatic nitrogens is 3. The lowest BCUT2D eigenvalue weighted by atomic mass is 10.1. The molecule has 0 fully saturated rings. The Morgan fingerprint density at radius 2 is 1.60 bits per heavy atom. The van der Waals surface area contributed by atoms with Crippen molar-refractivity contribution in [2.45, 2.75) is 0 Å². The van der Waals surface area contributed by atoms with E-state index in [0.717, 1.165) is 10.1 Å². The summed E-state index contributed by atoms with van der Waals surface area (Å²) in [7, 11) is 6.22. The Morgan fingerprint density at radius 1 is 0.900 bits per heavy atom. The van der Waals surface area contributed by atoms with Gasteiger partial charge in [0.2, 0.25) is 0 Å². The molecule has 0 aliphatic heterocycles. The van der Waals surface area contributed by atoms with E-state index in [-0.39, 0.29) is 5.56 Å². The van der Waals surface area contributed by atoms with E-state index < -0.39 is 5.69 Å². The van der Waals surface area contributed by atoms with Gasteiger partial charge < -0.3 is 19.8 Å². The fraction of sp³-hybridized carbons (Fsp3) is 0.182. The second kappa shape index (κ2) is 7.14. The third kappa shape index (κ3) is 2.76. The molecular weight excluding hydrogens is 384 g/mol. The Hall–Kier alpha value is -3.94. The van der Waals surface area contributed by atoms with Gasteiger partial charge >= 0.3 is 5.69 Å². The minimum atomic E-state index is -0.399. The lowest BCUT2D eigenvalue weighted by Crippen LogP contribution is -2.36. The Bertz CT molecular complexity index is 1400. The van der Waals surface area contributed by atoms with Crippen molar-refractivity contribution in [3.63, 3.8) is 0 Å². The van der Waals surface area contributed by atoms with Crippen LogP contribution in [0, 0.1) is 0 Å². The summed E-state index contributed by atoms with van der Waals surface area (Å²) >= 11 is 0. The smallest absolute Gasteiger partial charge is 0.330 e. The number of benzene rings is 2. The van der Waals surface area contributed by atoms with Gasteiger partial charge in [-0.25, -0.2) is 4.79 Å². The van der Waals surface area contributed by atoms with Gasteiger partial charge in [0.05, 0.1) is 42.2 Å². The van der Waals surface area contributed by atoms with E-state index in [1.54, 1.807) is 45.7 Å². The van der Waals surface area contributed by atoms with E-state index in [2.05, 4.69) is 0 Å². The van der Waals surface area contributed by atoms with Crippen LogP contribution in [0.3, 0.4) is 0 Å². The van der Waals surface area contributed by atoms with Crippen molar-refractivity contribution >= 4 is 16.6 Å². The van der Waals surface area contributed by atoms with Gasteiger partial charge in [-0.15, -0.1) is 0 Å². The monoisotopic (exact) mass is 406 g/mol. The summed E-state index contributed by atoms with van der Waals surface area (Å²) < 4.78 is 15.2. The second-order valence-corrected chi connectivity index (χ2v) is 6.94. The van der Waals surface area contributed by atoms with Crippen molar-refractivity contribution in [3.8, 4) is 28.4 Å². The summed E-state index contributed by atoms with van der Waals surface area (Å²) in [5.74, 6) is 1.10. The van der Waals surface area contributed by atoms with Crippen molar-refractivity contribution in [3.05, 3.63) is 69.5 Å². The molecule has 154 valence electrons. The Balaban J connectivity index is 2.20. The van der Waals surface area contributed by atoms with Gasteiger partial charge in [0.25, 0.3) is 5.56 Å². The van der Waals surface area contributed by atoms with Crippen LogP contribution in [0.2, 0.25) is 0 Å². The molecule has 0 aliphatic rings. The first-order valence-electron chi connectivity index (χ1n) is 9.27. The molecule has 0 aliphatic carbocycles. The van der Waals surface area contributed by atoms with Crippen molar-refractivity contribution in [2.24, 2.45) is 14.1 Å². The first-order valence-corrected chi connectivity index (χ1v) is 9.27. The van der Waals surface area contributed by atoms with E-state index in [4.69, 9.17) is 15.2 Å². The molecule has 30 heavy (non-hydrogen) atoms. The summed E-state index contributed by atoms with van der Waals surface area (Å²) in [6.07, 6.45) is 1.76. The predicted octanol–water partition coefficient (Wildman–Crippen LogP) is 2.29. The number of para-hydroxylation sites is 2. The molecule has 4 rings (SSSR count). The first-order chi connectivity index (χ1) is 14.4. The Kier molecular flexibility index (Phi) is 4.62. The molecule has 4 aromatic rings. The maximum Gasteiger partial charge on any atom is 0.330 e. The highest BCUT2D eigenvalue weighted by atomic mass is 16.5. The van der Waals surface area contributed by atoms with Gasteiger partial charge in [-0.2, -0.15) is 0 Å². The maximum absolute atomic E-state index is 13.2. The zero-order chi connectivity index (χ0) is 21.6. The standard InChI is InChI=1S/C22H22N4O4/c1-24-16-12-26(15-8-6-5-7-14(15)23)20(19(16)21(27)25(2)22(24)28)13-9-10-17(29-3)18(11-13)30-4/h5-12H,23H2,1-4H3. The van der Waals surface area contributed by atoms with E-state index >= 15 is 0 Å². The topological polar surface area (TPSA) is 93.4 Å². The molecular formula is C22H22N4O4. The van der Waals surface area contributed by atoms with Gasteiger partial charge in [0.15, 0.2) is 11.5 Å². The van der Waals surface area contributed by atoms with Crippen LogP contribution in [-0.2, 0) is 14.1 Å². The van der Waals surface area contributed by atoms with Crippen molar-refractivity contribution in [1.29, 1.82) is 0 Å². The molecule has 0 amide bonds. The highest BCUT2D eigenvalue weighted by Gasteiger charge is 2.22. The largest absolute Gasteiger partial charge is 0.493 e. The SMILES string of the molecule is COc1ccc(-c2c3c(=O)n(C)c(=O)n(C)c3cn2-c2ccccc2N)cc1OC. The van der Waals surface area contributed by atoms with Gasteiger partial charge in [0, 0.05) is 25.9 Å². The number of aryl methyl sites for hydroxylation is 1. The van der Waals surface area contributed by atoms with Crippen LogP contribution >= 0.6 is 0 Å². The molecule has 0 spiro atoms. The molecule has 2 aromatic carbocycles. The van der Waals surface area contributed by atoms with Crippen LogP contribution in [0.4, 0.5) is 5.69 Å². The van der Waals surface area contributed by atoms with Crippen molar-refractivity contribution < 1.29 is 9.47 Å². The number of methoxy groups -OCH3 is 2. The normalized spacial score (nSPS) is 11.1. The number of hydrogen-bond donors (Lipinski definition) is 1. The molecule has 0 saturated heterocycles. The summed E-state index contributed by atoms with van der Waals surface area (Å²) in [6.45, 7) is 0. The van der Waals surface area contributed by atoms with Gasteiger partial charge in [-0.3, -0.25) is 13.9 Å². The maximum atomic E-state index is 13.2. The van der Waals surface area contributed by atoms with Crippen LogP contribution in [0.1, 0.15) is 0 Å². The molecule has 2 aromatic heterocycles.